The third kappa shape index (κ3) is 5.68. The Balaban J connectivity index is 2.76. The van der Waals surface area contributed by atoms with Crippen molar-refractivity contribution in [2.24, 2.45) is 0 Å². The third-order valence-electron chi connectivity index (χ3n) is 2.55. The molecular formula is C13H20N2O4S. The van der Waals surface area contributed by atoms with Crippen molar-refractivity contribution in [3.05, 3.63) is 35.4 Å². The van der Waals surface area contributed by atoms with E-state index in [9.17, 15) is 13.2 Å². The molecule has 0 radical (unpaired) electrons. The molecule has 112 valence electrons. The highest BCUT2D eigenvalue weighted by Gasteiger charge is 2.16. The number of nitrogens with zero attached hydrogens (tertiary/aromatic N) is 1. The van der Waals surface area contributed by atoms with Gasteiger partial charge in [-0.3, -0.25) is 0 Å². The highest BCUT2D eigenvalue weighted by molar-refractivity contribution is 7.88. The molecule has 6 nitrogen and oxygen atoms in total. The van der Waals surface area contributed by atoms with Crippen molar-refractivity contribution in [3.8, 4) is 0 Å². The minimum absolute atomic E-state index is 0.0824. The molecule has 7 heteroatoms. The Morgan fingerprint density at radius 1 is 1.40 bits per heavy atom. The Morgan fingerprint density at radius 2 is 2.05 bits per heavy atom. The average molecular weight is 300 g/mol. The zero-order valence-corrected chi connectivity index (χ0v) is 12.6. The number of likely N-dealkylation sites (N-methyl/N-ethyl adjacent to an activating group) is 1. The summed E-state index contributed by atoms with van der Waals surface area (Å²) < 4.78 is 26.6. The maximum absolute atomic E-state index is 12.0. The van der Waals surface area contributed by atoms with E-state index >= 15 is 0 Å². The van der Waals surface area contributed by atoms with Gasteiger partial charge in [-0.05, 0) is 38.7 Å². The summed E-state index contributed by atoms with van der Waals surface area (Å²) in [5.41, 5.74) is 0.536. The van der Waals surface area contributed by atoms with Crippen LogP contribution in [0.1, 0.15) is 22.8 Å². The Kier molecular flexibility index (Phi) is 5.67. The molecule has 0 heterocycles. The molecule has 1 aromatic carbocycles. The third-order valence-corrected chi connectivity index (χ3v) is 4.03. The Hall–Kier alpha value is -1.44. The monoisotopic (exact) mass is 300 g/mol. The number of carboxylic acid groups (broad SMARTS) is 1. The molecule has 0 aromatic heterocycles. The summed E-state index contributed by atoms with van der Waals surface area (Å²) >= 11 is 0. The van der Waals surface area contributed by atoms with Gasteiger partial charge in [0.15, 0.2) is 0 Å². The Morgan fingerprint density at radius 3 is 2.60 bits per heavy atom. The minimum atomic E-state index is -3.49. The number of benzene rings is 1. The van der Waals surface area contributed by atoms with Crippen LogP contribution in [0.2, 0.25) is 0 Å². The van der Waals surface area contributed by atoms with Gasteiger partial charge in [0, 0.05) is 12.6 Å². The van der Waals surface area contributed by atoms with Crippen LogP contribution < -0.4 is 4.72 Å². The summed E-state index contributed by atoms with van der Waals surface area (Å²) in [6.07, 6.45) is 0. The second kappa shape index (κ2) is 6.83. The molecule has 0 aliphatic heterocycles. The molecule has 0 amide bonds. The van der Waals surface area contributed by atoms with Crippen molar-refractivity contribution in [2.45, 2.75) is 18.7 Å². The van der Waals surface area contributed by atoms with Gasteiger partial charge in [-0.15, -0.1) is 0 Å². The second-order valence-corrected chi connectivity index (χ2v) is 6.80. The van der Waals surface area contributed by atoms with E-state index in [4.69, 9.17) is 5.11 Å². The molecule has 0 fully saturated rings. The normalized spacial score (nSPS) is 13.4. The van der Waals surface area contributed by atoms with E-state index in [2.05, 4.69) is 4.72 Å². The lowest BCUT2D eigenvalue weighted by Gasteiger charge is -2.18. The summed E-state index contributed by atoms with van der Waals surface area (Å²) in [6.45, 7) is 2.37. The lowest BCUT2D eigenvalue weighted by atomic mass is 10.1. The molecule has 2 N–H and O–H groups in total. The smallest absolute Gasteiger partial charge is 0.335 e. The van der Waals surface area contributed by atoms with Gasteiger partial charge in [-0.1, -0.05) is 12.1 Å². The van der Waals surface area contributed by atoms with E-state index in [1.54, 1.807) is 13.0 Å². The molecule has 1 unspecified atom stereocenters. The van der Waals surface area contributed by atoms with Crippen LogP contribution in [0.3, 0.4) is 0 Å². The lowest BCUT2D eigenvalue weighted by molar-refractivity contribution is 0.0696. The largest absolute Gasteiger partial charge is 0.478 e. The van der Waals surface area contributed by atoms with Crippen LogP contribution in [0, 0.1) is 0 Å². The van der Waals surface area contributed by atoms with E-state index in [1.807, 2.05) is 19.0 Å². The molecule has 0 saturated heterocycles. The van der Waals surface area contributed by atoms with E-state index in [0.29, 0.717) is 12.1 Å². The summed E-state index contributed by atoms with van der Waals surface area (Å²) in [5.74, 6) is -1.30. The van der Waals surface area contributed by atoms with E-state index in [1.165, 1.54) is 18.2 Å². The van der Waals surface area contributed by atoms with Gasteiger partial charge in [0.25, 0.3) is 0 Å². The molecule has 1 atom stereocenters. The first-order chi connectivity index (χ1) is 9.19. The topological polar surface area (TPSA) is 86.7 Å². The summed E-state index contributed by atoms with van der Waals surface area (Å²) in [6, 6.07) is 5.73. The lowest BCUT2D eigenvalue weighted by Crippen LogP contribution is -2.40. The number of hydrogen-bond acceptors (Lipinski definition) is 4. The van der Waals surface area contributed by atoms with E-state index in [0.717, 1.165) is 0 Å². The number of nitrogens with one attached hydrogen (secondary N) is 1. The van der Waals surface area contributed by atoms with Crippen molar-refractivity contribution in [3.63, 3.8) is 0 Å². The van der Waals surface area contributed by atoms with Crippen LogP contribution in [0.5, 0.6) is 0 Å². The fourth-order valence-electron chi connectivity index (χ4n) is 1.95. The average Bonchev–Trinajstić information content (AvgIpc) is 2.26. The molecule has 1 aromatic rings. The number of sulfonamides is 1. The van der Waals surface area contributed by atoms with Crippen LogP contribution in [0.15, 0.2) is 24.3 Å². The number of hydrogen-bond donors (Lipinski definition) is 2. The molecule has 0 aliphatic carbocycles. The quantitative estimate of drug-likeness (QED) is 0.776. The van der Waals surface area contributed by atoms with Crippen LogP contribution in [-0.2, 0) is 15.8 Å². The van der Waals surface area contributed by atoms with E-state index in [-0.39, 0.29) is 17.4 Å². The molecule has 1 rings (SSSR count). The molecule has 0 spiro atoms. The predicted molar refractivity (Wildman–Crippen MR) is 77.2 cm³/mol. The number of carboxylic acids is 1. The zero-order chi connectivity index (χ0) is 15.3. The second-order valence-electron chi connectivity index (χ2n) is 5.05. The first-order valence-corrected chi connectivity index (χ1v) is 7.82. The Labute approximate surface area is 119 Å². The van der Waals surface area contributed by atoms with Gasteiger partial charge < -0.3 is 10.0 Å². The molecule has 0 bridgehead atoms. The fraction of sp³-hybridized carbons (Fsp3) is 0.462. The summed E-state index contributed by atoms with van der Waals surface area (Å²) in [4.78, 5) is 12.7. The van der Waals surface area contributed by atoms with Gasteiger partial charge in [0.1, 0.15) is 0 Å². The number of aromatic carboxylic acids is 1. The van der Waals surface area contributed by atoms with Gasteiger partial charge >= 0.3 is 5.97 Å². The van der Waals surface area contributed by atoms with Crippen molar-refractivity contribution < 1.29 is 18.3 Å². The molecule has 0 aliphatic rings. The van der Waals surface area contributed by atoms with Crippen LogP contribution in [-0.4, -0.2) is 51.1 Å². The highest BCUT2D eigenvalue weighted by atomic mass is 32.2. The van der Waals surface area contributed by atoms with Gasteiger partial charge in [-0.25, -0.2) is 17.9 Å². The van der Waals surface area contributed by atoms with Crippen LogP contribution in [0.4, 0.5) is 0 Å². The van der Waals surface area contributed by atoms with Crippen molar-refractivity contribution >= 4 is 16.0 Å². The van der Waals surface area contributed by atoms with Crippen molar-refractivity contribution in [1.82, 2.24) is 9.62 Å². The highest BCUT2D eigenvalue weighted by Crippen LogP contribution is 2.09. The maximum atomic E-state index is 12.0. The molecule has 0 saturated carbocycles. The minimum Gasteiger partial charge on any atom is -0.478 e. The van der Waals surface area contributed by atoms with E-state index < -0.39 is 16.0 Å². The predicted octanol–water partition coefficient (Wildman–Crippen LogP) is 0.754. The number of rotatable bonds is 7. The van der Waals surface area contributed by atoms with Crippen LogP contribution in [0.25, 0.3) is 0 Å². The maximum Gasteiger partial charge on any atom is 0.335 e. The molecular weight excluding hydrogens is 280 g/mol. The van der Waals surface area contributed by atoms with Crippen molar-refractivity contribution in [2.75, 3.05) is 20.6 Å². The first kappa shape index (κ1) is 16.6. The molecule has 20 heavy (non-hydrogen) atoms. The first-order valence-electron chi connectivity index (χ1n) is 6.16. The number of carbonyl (C=O) groups is 1. The van der Waals surface area contributed by atoms with Crippen molar-refractivity contribution in [1.29, 1.82) is 0 Å². The zero-order valence-electron chi connectivity index (χ0n) is 11.8. The summed E-state index contributed by atoms with van der Waals surface area (Å²) in [7, 11) is 0.233. The van der Waals surface area contributed by atoms with Gasteiger partial charge in [0.05, 0.1) is 11.3 Å². The standard InChI is InChI=1S/C13H20N2O4S/c1-10(8-15(2)3)14-20(18,19)9-11-5-4-6-12(7-11)13(16)17/h4-7,10,14H,8-9H2,1-3H3,(H,16,17). The SMILES string of the molecule is CC(CN(C)C)NS(=O)(=O)Cc1cccc(C(=O)O)c1. The summed E-state index contributed by atoms with van der Waals surface area (Å²) in [5, 5.41) is 8.88. The van der Waals surface area contributed by atoms with Crippen LogP contribution >= 0.6 is 0 Å². The van der Waals surface area contributed by atoms with Gasteiger partial charge in [-0.2, -0.15) is 0 Å². The Bertz CT molecular complexity index is 569. The van der Waals surface area contributed by atoms with Gasteiger partial charge in [0.2, 0.25) is 10.0 Å². The fourth-order valence-corrected chi connectivity index (χ4v) is 3.34.